The van der Waals surface area contributed by atoms with E-state index in [-0.39, 0.29) is 0 Å². The molecule has 7 nitrogen and oxygen atoms in total. The molecule has 0 spiro atoms. The molecule has 1 heterocycles. The number of thiophene rings is 1. The average molecular weight is 386 g/mol. The van der Waals surface area contributed by atoms with Gasteiger partial charge in [-0.25, -0.2) is 5.48 Å². The lowest BCUT2D eigenvalue weighted by molar-refractivity contribution is -0.132. The van der Waals surface area contributed by atoms with Crippen molar-refractivity contribution in [1.29, 1.82) is 0 Å². The standard InChI is InChI=1S/C19H22N4O3S/c1-19(2,21)16(18(25)23-26)22-17(24)13-6-3-12(4-7-13)5-8-14-9-10-15(11-20)27-14/h3-4,6-7,9-10,16,26H,11,20-21H2,1-2H3,(H,22,24)(H,23,25). The number of carbonyl (C=O) groups excluding carboxylic acids is 2. The molecule has 0 fully saturated rings. The summed E-state index contributed by atoms with van der Waals surface area (Å²) < 4.78 is 0. The number of hydroxylamine groups is 1. The molecular formula is C19H22N4O3S. The molecule has 2 amide bonds. The van der Waals surface area contributed by atoms with E-state index in [1.807, 2.05) is 12.1 Å². The zero-order valence-electron chi connectivity index (χ0n) is 15.1. The Hall–Kier alpha value is -2.70. The summed E-state index contributed by atoms with van der Waals surface area (Å²) >= 11 is 1.54. The van der Waals surface area contributed by atoms with E-state index >= 15 is 0 Å². The molecule has 2 rings (SSSR count). The number of hydrogen-bond acceptors (Lipinski definition) is 6. The van der Waals surface area contributed by atoms with Crippen molar-refractivity contribution in [2.75, 3.05) is 0 Å². The highest BCUT2D eigenvalue weighted by Crippen LogP contribution is 2.14. The average Bonchev–Trinajstić information content (AvgIpc) is 3.11. The Bertz CT molecular complexity index is 873. The van der Waals surface area contributed by atoms with Crippen molar-refractivity contribution in [2.45, 2.75) is 32.0 Å². The molecule has 1 aromatic heterocycles. The molecule has 2 aromatic rings. The third kappa shape index (κ3) is 5.64. The molecule has 0 aliphatic carbocycles. The quantitative estimate of drug-likeness (QED) is 0.297. The van der Waals surface area contributed by atoms with Crippen LogP contribution in [-0.4, -0.2) is 28.6 Å². The Morgan fingerprint density at radius 3 is 2.37 bits per heavy atom. The maximum atomic E-state index is 12.4. The minimum Gasteiger partial charge on any atom is -0.338 e. The maximum absolute atomic E-state index is 12.4. The molecule has 8 heteroatoms. The molecule has 0 saturated carbocycles. The van der Waals surface area contributed by atoms with Crippen molar-refractivity contribution in [1.82, 2.24) is 10.8 Å². The maximum Gasteiger partial charge on any atom is 0.267 e. The molecule has 7 N–H and O–H groups in total. The van der Waals surface area contributed by atoms with Gasteiger partial charge in [-0.2, -0.15) is 0 Å². The molecular weight excluding hydrogens is 364 g/mol. The van der Waals surface area contributed by atoms with Gasteiger partial charge in [0.2, 0.25) is 0 Å². The number of amides is 2. The Labute approximate surface area is 161 Å². The van der Waals surface area contributed by atoms with Gasteiger partial charge in [0.25, 0.3) is 11.8 Å². The lowest BCUT2D eigenvalue weighted by atomic mass is 9.95. The van der Waals surface area contributed by atoms with E-state index < -0.39 is 23.4 Å². The van der Waals surface area contributed by atoms with Crippen LogP contribution >= 0.6 is 11.3 Å². The first-order chi connectivity index (χ1) is 12.7. The van der Waals surface area contributed by atoms with Gasteiger partial charge in [0, 0.05) is 28.1 Å². The van der Waals surface area contributed by atoms with Gasteiger partial charge in [-0.1, -0.05) is 11.8 Å². The largest absolute Gasteiger partial charge is 0.338 e. The summed E-state index contributed by atoms with van der Waals surface area (Å²) in [6.45, 7) is 3.64. The smallest absolute Gasteiger partial charge is 0.267 e. The van der Waals surface area contributed by atoms with E-state index in [0.29, 0.717) is 12.1 Å². The summed E-state index contributed by atoms with van der Waals surface area (Å²) in [7, 11) is 0. The van der Waals surface area contributed by atoms with Gasteiger partial charge >= 0.3 is 0 Å². The number of nitrogens with one attached hydrogen (secondary N) is 2. The van der Waals surface area contributed by atoms with Gasteiger partial charge in [-0.15, -0.1) is 11.3 Å². The monoisotopic (exact) mass is 386 g/mol. The second-order valence-corrected chi connectivity index (χ2v) is 7.67. The van der Waals surface area contributed by atoms with Crippen LogP contribution in [0.1, 0.15) is 39.5 Å². The highest BCUT2D eigenvalue weighted by atomic mass is 32.1. The Morgan fingerprint density at radius 2 is 1.85 bits per heavy atom. The van der Waals surface area contributed by atoms with Gasteiger partial charge in [0.1, 0.15) is 6.04 Å². The van der Waals surface area contributed by atoms with Gasteiger partial charge in [0.05, 0.1) is 4.88 Å². The Balaban J connectivity index is 2.10. The second-order valence-electron chi connectivity index (χ2n) is 6.50. The van der Waals surface area contributed by atoms with Crippen LogP contribution in [0.15, 0.2) is 36.4 Å². The molecule has 0 bridgehead atoms. The lowest BCUT2D eigenvalue weighted by Gasteiger charge is -2.29. The normalized spacial score (nSPS) is 11.9. The van der Waals surface area contributed by atoms with Crippen molar-refractivity contribution >= 4 is 23.2 Å². The highest BCUT2D eigenvalue weighted by molar-refractivity contribution is 7.12. The molecule has 1 unspecified atom stereocenters. The number of carbonyl (C=O) groups is 2. The van der Waals surface area contributed by atoms with E-state index in [1.54, 1.807) is 49.4 Å². The summed E-state index contributed by atoms with van der Waals surface area (Å²) in [6.07, 6.45) is 0. The molecule has 0 radical (unpaired) electrons. The Kier molecular flexibility index (Phi) is 6.71. The van der Waals surface area contributed by atoms with E-state index in [0.717, 1.165) is 15.3 Å². The summed E-state index contributed by atoms with van der Waals surface area (Å²) in [4.78, 5) is 26.1. The predicted octanol–water partition coefficient (Wildman–Crippen LogP) is 0.948. The van der Waals surface area contributed by atoms with Gasteiger partial charge in [-0.05, 0) is 50.2 Å². The van der Waals surface area contributed by atoms with Crippen LogP contribution in [0, 0.1) is 11.8 Å². The molecule has 0 saturated heterocycles. The summed E-state index contributed by atoms with van der Waals surface area (Å²) in [5.41, 5.74) is 13.0. The number of benzene rings is 1. The van der Waals surface area contributed by atoms with Crippen LogP contribution in [0.5, 0.6) is 0 Å². The third-order valence-electron chi connectivity index (χ3n) is 3.73. The molecule has 0 aliphatic rings. The van der Waals surface area contributed by atoms with E-state index in [4.69, 9.17) is 16.7 Å². The number of rotatable bonds is 5. The molecule has 1 atom stereocenters. The van der Waals surface area contributed by atoms with Gasteiger partial charge < -0.3 is 16.8 Å². The van der Waals surface area contributed by atoms with Crippen LogP contribution in [0.3, 0.4) is 0 Å². The summed E-state index contributed by atoms with van der Waals surface area (Å²) in [6, 6.07) is 9.42. The van der Waals surface area contributed by atoms with Gasteiger partial charge in [-0.3, -0.25) is 14.8 Å². The minimum atomic E-state index is -1.09. The zero-order chi connectivity index (χ0) is 20.0. The van der Waals surface area contributed by atoms with Crippen LogP contribution < -0.4 is 22.3 Å². The first-order valence-corrected chi connectivity index (χ1v) is 9.01. The molecule has 1 aromatic carbocycles. The van der Waals surface area contributed by atoms with Crippen molar-refractivity contribution in [3.63, 3.8) is 0 Å². The van der Waals surface area contributed by atoms with Crippen LogP contribution in [0.2, 0.25) is 0 Å². The highest BCUT2D eigenvalue weighted by Gasteiger charge is 2.33. The van der Waals surface area contributed by atoms with Crippen molar-refractivity contribution in [3.8, 4) is 11.8 Å². The molecule has 0 aliphatic heterocycles. The summed E-state index contributed by atoms with van der Waals surface area (Å²) in [5.74, 6) is 4.82. The fraction of sp³-hybridized carbons (Fsp3) is 0.263. The zero-order valence-corrected chi connectivity index (χ0v) is 15.9. The van der Waals surface area contributed by atoms with Crippen LogP contribution in [-0.2, 0) is 11.3 Å². The fourth-order valence-electron chi connectivity index (χ4n) is 2.26. The Morgan fingerprint density at radius 1 is 1.19 bits per heavy atom. The third-order valence-corrected chi connectivity index (χ3v) is 4.75. The molecule has 27 heavy (non-hydrogen) atoms. The SMILES string of the molecule is CC(C)(N)C(NC(=O)c1ccc(C#Cc2ccc(CN)s2)cc1)C(=O)NO. The summed E-state index contributed by atoms with van der Waals surface area (Å²) in [5, 5.41) is 11.4. The van der Waals surface area contributed by atoms with Crippen LogP contribution in [0.25, 0.3) is 0 Å². The van der Waals surface area contributed by atoms with Crippen LogP contribution in [0.4, 0.5) is 0 Å². The lowest BCUT2D eigenvalue weighted by Crippen LogP contribution is -2.61. The number of hydrogen-bond donors (Lipinski definition) is 5. The molecule has 142 valence electrons. The minimum absolute atomic E-state index is 0.349. The van der Waals surface area contributed by atoms with E-state index in [2.05, 4.69) is 17.2 Å². The van der Waals surface area contributed by atoms with E-state index in [1.165, 1.54) is 5.48 Å². The van der Waals surface area contributed by atoms with Crippen molar-refractivity contribution < 1.29 is 14.8 Å². The van der Waals surface area contributed by atoms with Gasteiger partial charge in [0.15, 0.2) is 0 Å². The number of nitrogens with two attached hydrogens (primary N) is 2. The topological polar surface area (TPSA) is 130 Å². The van der Waals surface area contributed by atoms with Crippen molar-refractivity contribution in [2.24, 2.45) is 11.5 Å². The van der Waals surface area contributed by atoms with E-state index in [9.17, 15) is 9.59 Å². The second kappa shape index (κ2) is 8.79. The first kappa shape index (κ1) is 20.6. The first-order valence-electron chi connectivity index (χ1n) is 8.19. The predicted molar refractivity (Wildman–Crippen MR) is 104 cm³/mol. The van der Waals surface area contributed by atoms with Crippen molar-refractivity contribution in [3.05, 3.63) is 57.3 Å². The fourth-order valence-corrected chi connectivity index (χ4v) is 3.00.